The lowest BCUT2D eigenvalue weighted by Gasteiger charge is -2.22. The van der Waals surface area contributed by atoms with Crippen LogP contribution in [0.4, 0.5) is 4.39 Å². The van der Waals surface area contributed by atoms with Gasteiger partial charge in [-0.15, -0.1) is 0 Å². The molecular weight excluding hydrogens is 501 g/mol. The van der Waals surface area contributed by atoms with E-state index in [1.807, 2.05) is 6.92 Å². The van der Waals surface area contributed by atoms with E-state index in [2.05, 4.69) is 9.97 Å². The smallest absolute Gasteiger partial charge is 0.465 e. The van der Waals surface area contributed by atoms with E-state index in [0.29, 0.717) is 23.8 Å². The molecule has 0 spiro atoms. The van der Waals surface area contributed by atoms with Crippen LogP contribution in [0.5, 0.6) is 5.75 Å². The van der Waals surface area contributed by atoms with Crippen LogP contribution < -0.4 is 4.74 Å². The number of benzene rings is 1. The number of halogens is 1. The SMILES string of the molecule is Cc1oc(-c2ccncc2)nc1CCOc1ccc(C([P+]2(O)OCCO2)[P+]2(O)OCCO2)cc1F. The Morgan fingerprint density at radius 1 is 1.00 bits per heavy atom. The van der Waals surface area contributed by atoms with Crippen LogP contribution in [0, 0.1) is 12.7 Å². The van der Waals surface area contributed by atoms with E-state index < -0.39 is 27.1 Å². The Kier molecular flexibility index (Phi) is 7.12. The van der Waals surface area contributed by atoms with E-state index in [1.165, 1.54) is 18.2 Å². The lowest BCUT2D eigenvalue weighted by molar-refractivity contribution is 0.275. The van der Waals surface area contributed by atoms with E-state index >= 15 is 0 Å². The number of hydrogen-bond donors (Lipinski definition) is 2. The molecule has 2 aliphatic rings. The zero-order chi connectivity index (χ0) is 24.5. The predicted molar refractivity (Wildman–Crippen MR) is 125 cm³/mol. The average molecular weight is 526 g/mol. The molecule has 13 heteroatoms. The van der Waals surface area contributed by atoms with Crippen LogP contribution in [0.25, 0.3) is 11.5 Å². The molecule has 2 saturated heterocycles. The Labute approximate surface area is 202 Å². The average Bonchev–Trinajstić information content (AvgIpc) is 3.57. The Morgan fingerprint density at radius 2 is 1.63 bits per heavy atom. The van der Waals surface area contributed by atoms with Gasteiger partial charge in [0.05, 0.1) is 17.9 Å². The van der Waals surface area contributed by atoms with Gasteiger partial charge in [-0.2, -0.15) is 27.9 Å². The van der Waals surface area contributed by atoms with Gasteiger partial charge in [-0.3, -0.25) is 4.98 Å². The molecule has 0 radical (unpaired) electrons. The zero-order valence-corrected chi connectivity index (χ0v) is 20.7. The molecule has 0 bridgehead atoms. The topological polar surface area (TPSA) is 126 Å². The van der Waals surface area contributed by atoms with Gasteiger partial charge in [0, 0.05) is 24.4 Å². The molecule has 0 saturated carbocycles. The molecule has 35 heavy (non-hydrogen) atoms. The molecule has 3 aromatic rings. The van der Waals surface area contributed by atoms with Crippen molar-refractivity contribution < 1.29 is 41.4 Å². The Hall–Kier alpha value is -2.07. The fraction of sp³-hybridized carbons (Fsp3) is 0.364. The minimum absolute atomic E-state index is 0.0140. The van der Waals surface area contributed by atoms with Crippen LogP contribution >= 0.6 is 15.9 Å². The zero-order valence-electron chi connectivity index (χ0n) is 18.9. The number of rotatable bonds is 8. The maximum absolute atomic E-state index is 15.0. The number of hydrogen-bond acceptors (Lipinski definition) is 10. The predicted octanol–water partition coefficient (Wildman–Crippen LogP) is 4.41. The molecule has 2 aromatic heterocycles. The molecule has 4 heterocycles. The van der Waals surface area contributed by atoms with Crippen molar-refractivity contribution in [3.8, 4) is 17.2 Å². The first-order valence-corrected chi connectivity index (χ1v) is 14.3. The molecule has 0 unspecified atom stereocenters. The summed E-state index contributed by atoms with van der Waals surface area (Å²) in [4.78, 5) is 30.4. The van der Waals surface area contributed by atoms with E-state index in [-0.39, 0.29) is 44.3 Å². The van der Waals surface area contributed by atoms with Crippen LogP contribution in [0.2, 0.25) is 0 Å². The molecule has 2 N–H and O–H groups in total. The van der Waals surface area contributed by atoms with Crippen molar-refractivity contribution in [3.63, 3.8) is 0 Å². The molecule has 0 atom stereocenters. The summed E-state index contributed by atoms with van der Waals surface area (Å²) in [6.07, 6.45) is 3.72. The van der Waals surface area contributed by atoms with E-state index in [9.17, 15) is 14.2 Å². The van der Waals surface area contributed by atoms with Gasteiger partial charge in [-0.25, -0.2) is 9.37 Å². The van der Waals surface area contributed by atoms with Crippen LogP contribution in [-0.2, 0) is 24.5 Å². The molecule has 2 aliphatic heterocycles. The molecule has 5 rings (SSSR count). The van der Waals surface area contributed by atoms with Gasteiger partial charge < -0.3 is 9.15 Å². The van der Waals surface area contributed by atoms with Crippen LogP contribution in [0.3, 0.4) is 0 Å². The molecule has 0 aliphatic carbocycles. The number of pyridine rings is 1. The largest absolute Gasteiger partial charge is 0.490 e. The highest BCUT2D eigenvalue weighted by atomic mass is 31.3. The third kappa shape index (κ3) is 5.09. The molecular formula is C22H25FN2O8P2+2. The molecule has 10 nitrogen and oxygen atoms in total. The summed E-state index contributed by atoms with van der Waals surface area (Å²) in [5, 5.41) is -1.16. The third-order valence-electron chi connectivity index (χ3n) is 5.56. The van der Waals surface area contributed by atoms with Gasteiger partial charge in [-0.05, 0) is 37.3 Å². The number of oxazole rings is 1. The lowest BCUT2D eigenvalue weighted by Crippen LogP contribution is -2.13. The Bertz CT molecular complexity index is 1150. The highest BCUT2D eigenvalue weighted by Crippen LogP contribution is 2.88. The lowest BCUT2D eigenvalue weighted by atomic mass is 10.2. The first-order valence-electron chi connectivity index (χ1n) is 11.0. The summed E-state index contributed by atoms with van der Waals surface area (Å²) in [5.74, 6) is 0.483. The van der Waals surface area contributed by atoms with Gasteiger partial charge in [0.1, 0.15) is 32.2 Å². The van der Waals surface area contributed by atoms with Crippen LogP contribution in [0.1, 0.15) is 22.4 Å². The summed E-state index contributed by atoms with van der Waals surface area (Å²) in [6.45, 7) is 2.62. The van der Waals surface area contributed by atoms with Gasteiger partial charge in [0.25, 0.3) is 0 Å². The first-order chi connectivity index (χ1) is 16.9. The van der Waals surface area contributed by atoms with Crippen molar-refractivity contribution in [2.45, 2.75) is 18.7 Å². The van der Waals surface area contributed by atoms with Crippen molar-refractivity contribution in [1.29, 1.82) is 0 Å². The summed E-state index contributed by atoms with van der Waals surface area (Å²) in [7, 11) is -7.14. The number of aryl methyl sites for hydroxylation is 1. The second-order valence-electron chi connectivity index (χ2n) is 7.88. The fourth-order valence-corrected chi connectivity index (χ4v) is 9.33. The van der Waals surface area contributed by atoms with Crippen molar-refractivity contribution >= 4 is 15.9 Å². The Balaban J connectivity index is 1.29. The molecule has 2 fully saturated rings. The van der Waals surface area contributed by atoms with E-state index in [4.69, 9.17) is 27.2 Å². The maximum Gasteiger partial charge on any atom is 0.465 e. The number of aromatic nitrogens is 2. The molecule has 0 amide bonds. The summed E-state index contributed by atoms with van der Waals surface area (Å²) in [6, 6.07) is 7.75. The highest BCUT2D eigenvalue weighted by molar-refractivity contribution is 7.78. The van der Waals surface area contributed by atoms with Crippen molar-refractivity contribution in [3.05, 3.63) is 65.6 Å². The number of ether oxygens (including phenoxy) is 1. The Morgan fingerprint density at radius 3 is 2.23 bits per heavy atom. The maximum atomic E-state index is 15.0. The second kappa shape index (κ2) is 10.1. The van der Waals surface area contributed by atoms with Crippen LogP contribution in [0.15, 0.2) is 47.1 Å². The molecule has 186 valence electrons. The van der Waals surface area contributed by atoms with Gasteiger partial charge in [-0.1, -0.05) is 0 Å². The van der Waals surface area contributed by atoms with Crippen LogP contribution in [-0.4, -0.2) is 52.8 Å². The van der Waals surface area contributed by atoms with Crippen molar-refractivity contribution in [2.75, 3.05) is 33.0 Å². The normalized spacial score (nSPS) is 18.9. The summed E-state index contributed by atoms with van der Waals surface area (Å²) in [5.41, 5.74) is 1.77. The monoisotopic (exact) mass is 526 g/mol. The third-order valence-corrected chi connectivity index (χ3v) is 11.4. The summed E-state index contributed by atoms with van der Waals surface area (Å²) >= 11 is 0. The second-order valence-corrected chi connectivity index (χ2v) is 12.6. The van der Waals surface area contributed by atoms with Gasteiger partial charge >= 0.3 is 21.3 Å². The minimum atomic E-state index is -3.57. The van der Waals surface area contributed by atoms with E-state index in [1.54, 1.807) is 24.5 Å². The van der Waals surface area contributed by atoms with Gasteiger partial charge in [0.2, 0.25) is 5.89 Å². The highest BCUT2D eigenvalue weighted by Gasteiger charge is 2.74. The standard InChI is InChI=1S/C22H25FN2O8P2/c1-15-19(25-21(33-15)16-4-7-24-8-5-16)6-9-28-20-3-2-17(14-18(20)23)22(34(26)29-10-11-30-34)35(27)31-12-13-32-35/h2-5,7-8,14,22,26-27H,6,9-13H2,1H3/q+2. The quantitative estimate of drug-likeness (QED) is 0.408. The first kappa shape index (κ1) is 24.6. The van der Waals surface area contributed by atoms with E-state index in [0.717, 1.165) is 5.56 Å². The molecule has 1 aromatic carbocycles. The minimum Gasteiger partial charge on any atom is -0.490 e. The summed E-state index contributed by atoms with van der Waals surface area (Å²) < 4.78 is 48.1. The fourth-order valence-electron chi connectivity index (χ4n) is 3.92. The number of nitrogens with zero attached hydrogens (tertiary/aromatic N) is 2. The van der Waals surface area contributed by atoms with Crippen molar-refractivity contribution in [1.82, 2.24) is 9.97 Å². The van der Waals surface area contributed by atoms with Gasteiger partial charge in [0.15, 0.2) is 11.6 Å². The van der Waals surface area contributed by atoms with Crippen molar-refractivity contribution in [2.24, 2.45) is 0 Å².